The summed E-state index contributed by atoms with van der Waals surface area (Å²) in [5.74, 6) is 0.298. The monoisotopic (exact) mass is 260 g/mol. The van der Waals surface area contributed by atoms with Gasteiger partial charge in [0.1, 0.15) is 11.4 Å². The molecule has 2 heterocycles. The fourth-order valence-electron chi connectivity index (χ4n) is 2.38. The summed E-state index contributed by atoms with van der Waals surface area (Å²) in [6.07, 6.45) is 0.989. The second-order valence-electron chi connectivity index (χ2n) is 4.67. The molecule has 19 heavy (non-hydrogen) atoms. The number of amidine groups is 1. The van der Waals surface area contributed by atoms with Crippen LogP contribution in [0.5, 0.6) is 0 Å². The van der Waals surface area contributed by atoms with Crippen molar-refractivity contribution in [2.24, 2.45) is 5.73 Å². The Kier molecular flexibility index (Phi) is 2.75. The van der Waals surface area contributed by atoms with Crippen LogP contribution in [0.1, 0.15) is 12.0 Å². The van der Waals surface area contributed by atoms with Crippen LogP contribution in [0.2, 0.25) is 0 Å². The van der Waals surface area contributed by atoms with Gasteiger partial charge in [0.05, 0.1) is 5.52 Å². The number of nitrogens with one attached hydrogen (secondary N) is 3. The standard InChI is InChI=1S/C12H16N6O/c13-11(14)8-2-1-3-9-10(8)18(19)12(17-9)16-7-4-5-15-6-7/h1-3,7,15,19H,4-6H2,(H3,13,14)(H,16,17). The lowest BCUT2D eigenvalue weighted by Crippen LogP contribution is -2.24. The molecule has 3 rings (SSSR count). The van der Waals surface area contributed by atoms with Crippen LogP contribution < -0.4 is 16.4 Å². The molecule has 1 aromatic heterocycles. The fraction of sp³-hybridized carbons (Fsp3) is 0.333. The number of nitrogens with zero attached hydrogens (tertiary/aromatic N) is 2. The van der Waals surface area contributed by atoms with Crippen LogP contribution in [0.4, 0.5) is 5.95 Å². The van der Waals surface area contributed by atoms with Gasteiger partial charge >= 0.3 is 0 Å². The summed E-state index contributed by atoms with van der Waals surface area (Å²) in [4.78, 5) is 4.34. The highest BCUT2D eigenvalue weighted by Gasteiger charge is 2.19. The zero-order valence-corrected chi connectivity index (χ0v) is 10.3. The molecule has 100 valence electrons. The number of anilines is 1. The summed E-state index contributed by atoms with van der Waals surface area (Å²) >= 11 is 0. The summed E-state index contributed by atoms with van der Waals surface area (Å²) in [5, 5.41) is 24.2. The van der Waals surface area contributed by atoms with Gasteiger partial charge in [-0.25, -0.2) is 4.98 Å². The largest absolute Gasteiger partial charge is 0.425 e. The van der Waals surface area contributed by atoms with E-state index in [0.717, 1.165) is 24.2 Å². The molecular weight excluding hydrogens is 244 g/mol. The third kappa shape index (κ3) is 1.97. The molecule has 7 heteroatoms. The summed E-state index contributed by atoms with van der Waals surface area (Å²) in [5.41, 5.74) is 7.08. The third-order valence-corrected chi connectivity index (χ3v) is 3.34. The van der Waals surface area contributed by atoms with Crippen LogP contribution in [-0.4, -0.2) is 39.9 Å². The number of aromatic nitrogens is 2. The second kappa shape index (κ2) is 4.43. The summed E-state index contributed by atoms with van der Waals surface area (Å²) < 4.78 is 0.977. The van der Waals surface area contributed by atoms with Crippen molar-refractivity contribution >= 4 is 22.8 Å². The quantitative estimate of drug-likeness (QED) is 0.310. The number of hydrogen-bond donors (Lipinski definition) is 5. The number of rotatable bonds is 3. The average Bonchev–Trinajstić information content (AvgIpc) is 2.99. The average molecular weight is 260 g/mol. The Labute approximate surface area is 109 Å². The van der Waals surface area contributed by atoms with Gasteiger partial charge in [0.2, 0.25) is 5.95 Å². The maximum Gasteiger partial charge on any atom is 0.238 e. The molecule has 6 N–H and O–H groups in total. The van der Waals surface area contributed by atoms with E-state index in [4.69, 9.17) is 11.1 Å². The number of nitrogens with two attached hydrogens (primary N) is 1. The highest BCUT2D eigenvalue weighted by molar-refractivity contribution is 6.06. The van der Waals surface area contributed by atoms with Crippen LogP contribution in [0.25, 0.3) is 11.0 Å². The molecule has 0 aliphatic carbocycles. The molecule has 0 bridgehead atoms. The van der Waals surface area contributed by atoms with Crippen molar-refractivity contribution in [3.05, 3.63) is 23.8 Å². The number of hydrogen-bond acceptors (Lipinski definition) is 5. The van der Waals surface area contributed by atoms with Gasteiger partial charge in [0.25, 0.3) is 0 Å². The molecule has 0 saturated carbocycles. The molecule has 1 aliphatic heterocycles. The number of para-hydroxylation sites is 1. The molecule has 1 saturated heterocycles. The van der Waals surface area contributed by atoms with Crippen molar-refractivity contribution in [1.82, 2.24) is 15.0 Å². The molecule has 1 fully saturated rings. The van der Waals surface area contributed by atoms with Gasteiger partial charge in [-0.1, -0.05) is 6.07 Å². The van der Waals surface area contributed by atoms with Crippen molar-refractivity contribution in [2.75, 3.05) is 18.4 Å². The maximum absolute atomic E-state index is 10.2. The van der Waals surface area contributed by atoms with Gasteiger partial charge in [0.15, 0.2) is 0 Å². The molecule has 0 spiro atoms. The van der Waals surface area contributed by atoms with E-state index < -0.39 is 0 Å². The normalized spacial score (nSPS) is 18.8. The first-order valence-corrected chi connectivity index (χ1v) is 6.19. The van der Waals surface area contributed by atoms with Crippen molar-refractivity contribution in [1.29, 1.82) is 5.41 Å². The van der Waals surface area contributed by atoms with Crippen LogP contribution in [0.15, 0.2) is 18.2 Å². The summed E-state index contributed by atoms with van der Waals surface area (Å²) in [6.45, 7) is 1.81. The SMILES string of the molecule is N=C(N)c1cccc2nc(NC3CCNC3)n(O)c12. The number of imidazole rings is 1. The molecule has 2 aromatic rings. The fourth-order valence-corrected chi connectivity index (χ4v) is 2.38. The lowest BCUT2D eigenvalue weighted by Gasteiger charge is -2.11. The predicted octanol–water partition coefficient (Wildman–Crippen LogP) is 0.331. The highest BCUT2D eigenvalue weighted by atomic mass is 16.5. The summed E-state index contributed by atoms with van der Waals surface area (Å²) in [6, 6.07) is 5.50. The lowest BCUT2D eigenvalue weighted by atomic mass is 10.2. The smallest absolute Gasteiger partial charge is 0.238 e. The van der Waals surface area contributed by atoms with Gasteiger partial charge in [-0.2, -0.15) is 0 Å². The third-order valence-electron chi connectivity index (χ3n) is 3.34. The highest BCUT2D eigenvalue weighted by Crippen LogP contribution is 2.22. The first-order chi connectivity index (χ1) is 9.16. The van der Waals surface area contributed by atoms with Crippen molar-refractivity contribution in [2.45, 2.75) is 12.5 Å². The molecule has 1 atom stereocenters. The first kappa shape index (κ1) is 11.8. The Hall–Kier alpha value is -2.28. The van der Waals surface area contributed by atoms with E-state index in [2.05, 4.69) is 15.6 Å². The Bertz CT molecular complexity index is 628. The minimum Gasteiger partial charge on any atom is -0.425 e. The number of benzene rings is 1. The van der Waals surface area contributed by atoms with Gasteiger partial charge in [0, 0.05) is 18.2 Å². The van der Waals surface area contributed by atoms with Gasteiger partial charge in [-0.15, -0.1) is 4.73 Å². The minimum absolute atomic E-state index is 0.0881. The van der Waals surface area contributed by atoms with E-state index in [1.807, 2.05) is 0 Å². The Morgan fingerprint density at radius 3 is 3.11 bits per heavy atom. The zero-order valence-electron chi connectivity index (χ0n) is 10.3. The van der Waals surface area contributed by atoms with Crippen molar-refractivity contribution < 1.29 is 5.21 Å². The van der Waals surface area contributed by atoms with E-state index in [0.29, 0.717) is 22.5 Å². The Balaban J connectivity index is 2.04. The predicted molar refractivity (Wildman–Crippen MR) is 72.8 cm³/mol. The van der Waals surface area contributed by atoms with E-state index >= 15 is 0 Å². The maximum atomic E-state index is 10.2. The van der Waals surface area contributed by atoms with Crippen molar-refractivity contribution in [3.63, 3.8) is 0 Å². The molecule has 0 amide bonds. The minimum atomic E-state index is -0.0881. The Morgan fingerprint density at radius 2 is 2.42 bits per heavy atom. The second-order valence-corrected chi connectivity index (χ2v) is 4.67. The number of fused-ring (bicyclic) bond motifs is 1. The molecule has 7 nitrogen and oxygen atoms in total. The van der Waals surface area contributed by atoms with Gasteiger partial charge in [-0.05, 0) is 25.1 Å². The summed E-state index contributed by atoms with van der Waals surface area (Å²) in [7, 11) is 0. The van der Waals surface area contributed by atoms with Crippen LogP contribution in [0.3, 0.4) is 0 Å². The topological polar surface area (TPSA) is 112 Å². The van der Waals surface area contributed by atoms with Gasteiger partial charge in [-0.3, -0.25) is 5.41 Å². The van der Waals surface area contributed by atoms with Crippen LogP contribution in [0, 0.1) is 5.41 Å². The molecular formula is C12H16N6O. The van der Waals surface area contributed by atoms with E-state index in [1.165, 1.54) is 0 Å². The Morgan fingerprint density at radius 1 is 1.58 bits per heavy atom. The van der Waals surface area contributed by atoms with E-state index in [1.54, 1.807) is 18.2 Å². The van der Waals surface area contributed by atoms with Crippen LogP contribution in [-0.2, 0) is 0 Å². The van der Waals surface area contributed by atoms with Crippen LogP contribution >= 0.6 is 0 Å². The first-order valence-electron chi connectivity index (χ1n) is 6.19. The zero-order chi connectivity index (χ0) is 13.4. The van der Waals surface area contributed by atoms with Crippen molar-refractivity contribution in [3.8, 4) is 0 Å². The van der Waals surface area contributed by atoms with E-state index in [-0.39, 0.29) is 11.9 Å². The molecule has 1 unspecified atom stereocenters. The van der Waals surface area contributed by atoms with Gasteiger partial charge < -0.3 is 21.6 Å². The number of nitrogen functional groups attached to an aromatic ring is 1. The molecule has 1 aliphatic rings. The molecule has 1 aromatic carbocycles. The molecule has 0 radical (unpaired) electrons. The lowest BCUT2D eigenvalue weighted by molar-refractivity contribution is 0.203. The van der Waals surface area contributed by atoms with E-state index in [9.17, 15) is 5.21 Å².